The van der Waals surface area contributed by atoms with Gasteiger partial charge in [-0.15, -0.1) is 12.4 Å². The lowest BCUT2D eigenvalue weighted by molar-refractivity contribution is 0.174. The summed E-state index contributed by atoms with van der Waals surface area (Å²) in [5.41, 5.74) is 1.35. The Morgan fingerprint density at radius 2 is 1.89 bits per heavy atom. The molecule has 1 atom stereocenters. The Balaban J connectivity index is 0.00000133. The molecule has 19 heavy (non-hydrogen) atoms. The Bertz CT molecular complexity index is 419. The normalized spacial score (nSPS) is 19.2. The first-order chi connectivity index (χ1) is 8.83. The monoisotopic (exact) mass is 283 g/mol. The van der Waals surface area contributed by atoms with Crippen LogP contribution in [0.1, 0.15) is 31.7 Å². The largest absolute Gasteiger partial charge is 0.454 e. The summed E-state index contributed by atoms with van der Waals surface area (Å²) in [6.45, 7) is 5.27. The van der Waals surface area contributed by atoms with Crippen LogP contribution < -0.4 is 9.47 Å². The molecule has 0 aliphatic carbocycles. The molecule has 3 rings (SSSR count). The Kier molecular flexibility index (Phi) is 4.94. The molecule has 3 nitrogen and oxygen atoms in total. The van der Waals surface area contributed by atoms with Gasteiger partial charge in [-0.05, 0) is 63.4 Å². The molecule has 1 saturated heterocycles. The summed E-state index contributed by atoms with van der Waals surface area (Å²) in [5, 5.41) is 0. The van der Waals surface area contributed by atoms with Crippen molar-refractivity contribution in [3.63, 3.8) is 0 Å². The molecule has 0 amide bonds. The van der Waals surface area contributed by atoms with Crippen LogP contribution in [0.25, 0.3) is 0 Å². The first-order valence-corrected chi connectivity index (χ1v) is 6.95. The smallest absolute Gasteiger partial charge is 0.231 e. The molecule has 1 unspecified atom stereocenters. The zero-order valence-corrected chi connectivity index (χ0v) is 12.2. The maximum absolute atomic E-state index is 5.41. The molecule has 0 N–H and O–H groups in total. The van der Waals surface area contributed by atoms with Gasteiger partial charge in [0.25, 0.3) is 0 Å². The van der Waals surface area contributed by atoms with E-state index in [1.807, 2.05) is 6.07 Å². The van der Waals surface area contributed by atoms with Gasteiger partial charge >= 0.3 is 0 Å². The maximum atomic E-state index is 5.41. The molecule has 1 fully saturated rings. The van der Waals surface area contributed by atoms with Crippen LogP contribution in [-0.2, 0) is 6.42 Å². The zero-order chi connectivity index (χ0) is 12.4. The molecule has 1 aromatic carbocycles. The highest BCUT2D eigenvalue weighted by Crippen LogP contribution is 2.33. The lowest BCUT2D eigenvalue weighted by atomic mass is 10.0. The molecule has 1 aromatic rings. The topological polar surface area (TPSA) is 21.7 Å². The number of nitrogens with zero attached hydrogens (tertiary/aromatic N) is 1. The minimum Gasteiger partial charge on any atom is -0.454 e. The van der Waals surface area contributed by atoms with Crippen LogP contribution in [0.2, 0.25) is 0 Å². The van der Waals surface area contributed by atoms with Crippen molar-refractivity contribution in [1.82, 2.24) is 4.90 Å². The quantitative estimate of drug-likeness (QED) is 0.847. The number of hydrogen-bond acceptors (Lipinski definition) is 3. The molecule has 0 spiro atoms. The summed E-state index contributed by atoms with van der Waals surface area (Å²) in [7, 11) is 0. The van der Waals surface area contributed by atoms with E-state index in [1.54, 1.807) is 0 Å². The van der Waals surface area contributed by atoms with Crippen LogP contribution in [0.5, 0.6) is 11.5 Å². The van der Waals surface area contributed by atoms with Crippen molar-refractivity contribution in [2.75, 3.05) is 19.9 Å². The highest BCUT2D eigenvalue weighted by Gasteiger charge is 2.18. The van der Waals surface area contributed by atoms with E-state index in [4.69, 9.17) is 9.47 Å². The predicted molar refractivity (Wildman–Crippen MR) is 78.4 cm³/mol. The molecule has 2 heterocycles. The van der Waals surface area contributed by atoms with E-state index in [-0.39, 0.29) is 12.4 Å². The Morgan fingerprint density at radius 3 is 2.68 bits per heavy atom. The minimum absolute atomic E-state index is 0. The van der Waals surface area contributed by atoms with E-state index in [0.717, 1.165) is 17.9 Å². The van der Waals surface area contributed by atoms with Crippen molar-refractivity contribution in [1.29, 1.82) is 0 Å². The van der Waals surface area contributed by atoms with Gasteiger partial charge in [0.1, 0.15) is 0 Å². The third-order valence-corrected chi connectivity index (χ3v) is 4.05. The van der Waals surface area contributed by atoms with E-state index in [9.17, 15) is 0 Å². The van der Waals surface area contributed by atoms with E-state index in [0.29, 0.717) is 12.8 Å². The van der Waals surface area contributed by atoms with Crippen molar-refractivity contribution >= 4 is 12.4 Å². The van der Waals surface area contributed by atoms with Gasteiger partial charge < -0.3 is 14.4 Å². The van der Waals surface area contributed by atoms with Crippen molar-refractivity contribution < 1.29 is 9.47 Å². The van der Waals surface area contributed by atoms with Gasteiger partial charge in [-0.25, -0.2) is 0 Å². The minimum atomic E-state index is 0. The Morgan fingerprint density at radius 1 is 1.16 bits per heavy atom. The number of halogens is 1. The van der Waals surface area contributed by atoms with Crippen LogP contribution in [-0.4, -0.2) is 30.8 Å². The number of ether oxygens (including phenoxy) is 2. The number of aryl methyl sites for hydroxylation is 1. The molecular weight excluding hydrogens is 262 g/mol. The highest BCUT2D eigenvalue weighted by molar-refractivity contribution is 5.85. The molecule has 0 radical (unpaired) electrons. The number of rotatable bonds is 4. The maximum Gasteiger partial charge on any atom is 0.231 e. The first kappa shape index (κ1) is 14.5. The van der Waals surface area contributed by atoms with Crippen LogP contribution in [0.3, 0.4) is 0 Å². The molecule has 0 aromatic heterocycles. The van der Waals surface area contributed by atoms with Crippen molar-refractivity contribution in [3.8, 4) is 11.5 Å². The van der Waals surface area contributed by atoms with Crippen molar-refractivity contribution in [2.45, 2.75) is 38.6 Å². The average Bonchev–Trinajstić information content (AvgIpc) is 3.05. The summed E-state index contributed by atoms with van der Waals surface area (Å²) in [6.07, 6.45) is 5.08. The standard InChI is InChI=1S/C15H21NO2.ClH/c1-12(16-8-2-3-9-16)4-5-13-6-7-14-15(10-13)18-11-17-14;/h6-7,10,12H,2-5,8-9,11H2,1H3;1H. The molecule has 4 heteroatoms. The van der Waals surface area contributed by atoms with Gasteiger partial charge in [-0.2, -0.15) is 0 Å². The summed E-state index contributed by atoms with van der Waals surface area (Å²) >= 11 is 0. The Hall–Kier alpha value is -0.930. The fraction of sp³-hybridized carbons (Fsp3) is 0.600. The van der Waals surface area contributed by atoms with Crippen molar-refractivity contribution in [2.24, 2.45) is 0 Å². The summed E-state index contributed by atoms with van der Waals surface area (Å²) in [4.78, 5) is 2.60. The molecule has 0 saturated carbocycles. The highest BCUT2D eigenvalue weighted by atomic mass is 35.5. The molecule has 2 aliphatic heterocycles. The van der Waals surface area contributed by atoms with Gasteiger partial charge in [0.15, 0.2) is 11.5 Å². The van der Waals surface area contributed by atoms with E-state index in [2.05, 4.69) is 24.0 Å². The third-order valence-electron chi connectivity index (χ3n) is 4.05. The summed E-state index contributed by atoms with van der Waals surface area (Å²) in [6, 6.07) is 7.00. The average molecular weight is 284 g/mol. The Labute approximate surface area is 121 Å². The second kappa shape index (κ2) is 6.49. The van der Waals surface area contributed by atoms with Crippen LogP contribution >= 0.6 is 12.4 Å². The van der Waals surface area contributed by atoms with Gasteiger partial charge in [0.2, 0.25) is 6.79 Å². The molecular formula is C15H22ClNO2. The fourth-order valence-electron chi connectivity index (χ4n) is 2.84. The van der Waals surface area contributed by atoms with Gasteiger partial charge in [0, 0.05) is 6.04 Å². The molecule has 2 aliphatic rings. The van der Waals surface area contributed by atoms with Crippen molar-refractivity contribution in [3.05, 3.63) is 23.8 Å². The number of hydrogen-bond donors (Lipinski definition) is 0. The fourth-order valence-corrected chi connectivity index (χ4v) is 2.84. The van der Waals surface area contributed by atoms with Gasteiger partial charge in [-0.1, -0.05) is 6.07 Å². The number of benzene rings is 1. The van der Waals surface area contributed by atoms with E-state index < -0.39 is 0 Å². The van der Waals surface area contributed by atoms with E-state index >= 15 is 0 Å². The zero-order valence-electron chi connectivity index (χ0n) is 11.4. The summed E-state index contributed by atoms with van der Waals surface area (Å²) in [5.74, 6) is 1.78. The SMILES string of the molecule is CC(CCc1ccc2c(c1)OCO2)N1CCCC1.Cl. The predicted octanol–water partition coefficient (Wildman–Crippen LogP) is 3.25. The summed E-state index contributed by atoms with van der Waals surface area (Å²) < 4.78 is 10.7. The van der Waals surface area contributed by atoms with Crippen LogP contribution in [0, 0.1) is 0 Å². The molecule has 0 bridgehead atoms. The lowest BCUT2D eigenvalue weighted by Gasteiger charge is -2.23. The lowest BCUT2D eigenvalue weighted by Crippen LogP contribution is -2.30. The number of likely N-dealkylation sites (tertiary alicyclic amines) is 1. The van der Waals surface area contributed by atoms with Crippen LogP contribution in [0.15, 0.2) is 18.2 Å². The molecule has 106 valence electrons. The second-order valence-corrected chi connectivity index (χ2v) is 5.32. The first-order valence-electron chi connectivity index (χ1n) is 6.95. The number of fused-ring (bicyclic) bond motifs is 1. The van der Waals surface area contributed by atoms with Gasteiger partial charge in [-0.3, -0.25) is 0 Å². The van der Waals surface area contributed by atoms with Crippen LogP contribution in [0.4, 0.5) is 0 Å². The van der Waals surface area contributed by atoms with E-state index in [1.165, 1.54) is 37.9 Å². The van der Waals surface area contributed by atoms with Gasteiger partial charge in [0.05, 0.1) is 0 Å². The second-order valence-electron chi connectivity index (χ2n) is 5.32. The third kappa shape index (κ3) is 3.34.